The molecule has 26 heavy (non-hydrogen) atoms. The van der Waals surface area contributed by atoms with Gasteiger partial charge in [-0.05, 0) is 39.0 Å². The average molecular weight is 390 g/mol. The first-order valence-electron chi connectivity index (χ1n) is 9.35. The molecule has 7 nitrogen and oxygen atoms in total. The van der Waals surface area contributed by atoms with Crippen LogP contribution >= 0.6 is 0 Å². The van der Waals surface area contributed by atoms with E-state index in [1.54, 1.807) is 7.11 Å². The van der Waals surface area contributed by atoms with Gasteiger partial charge in [-0.2, -0.15) is 8.42 Å². The van der Waals surface area contributed by atoms with Gasteiger partial charge in [0.15, 0.2) is 5.79 Å². The van der Waals surface area contributed by atoms with Crippen LogP contribution in [0.3, 0.4) is 0 Å². The van der Waals surface area contributed by atoms with E-state index in [0.717, 1.165) is 25.5 Å². The first kappa shape index (κ1) is 19.1. The van der Waals surface area contributed by atoms with E-state index in [9.17, 15) is 8.42 Å². The zero-order valence-electron chi connectivity index (χ0n) is 16.2. The molecule has 0 radical (unpaired) electrons. The fourth-order valence-corrected chi connectivity index (χ4v) is 7.00. The van der Waals surface area contributed by atoms with E-state index < -0.39 is 22.0 Å². The Labute approximate surface area is 155 Å². The summed E-state index contributed by atoms with van der Waals surface area (Å²) in [6.07, 6.45) is 3.28. The van der Waals surface area contributed by atoms with E-state index in [1.165, 1.54) is 0 Å². The number of rotatable bonds is 6. The molecule has 1 unspecified atom stereocenters. The molecular formula is C18H30O7S. The smallest absolute Gasteiger partial charge is 0.264 e. The van der Waals surface area contributed by atoms with Gasteiger partial charge in [-0.3, -0.25) is 4.18 Å². The van der Waals surface area contributed by atoms with Crippen LogP contribution in [0.5, 0.6) is 0 Å². The van der Waals surface area contributed by atoms with Gasteiger partial charge in [-0.25, -0.2) is 0 Å². The van der Waals surface area contributed by atoms with Gasteiger partial charge in [-0.15, -0.1) is 0 Å². The van der Waals surface area contributed by atoms with E-state index >= 15 is 0 Å². The first-order valence-corrected chi connectivity index (χ1v) is 11.2. The molecule has 0 aromatic carbocycles. The van der Waals surface area contributed by atoms with Crippen molar-refractivity contribution in [2.45, 2.75) is 63.6 Å². The Hall–Kier alpha value is -0.250. The number of fused-ring (bicyclic) bond motifs is 1. The van der Waals surface area contributed by atoms with Gasteiger partial charge in [-0.1, -0.05) is 6.92 Å². The Morgan fingerprint density at radius 3 is 2.46 bits per heavy atom. The van der Waals surface area contributed by atoms with Crippen molar-refractivity contribution in [3.63, 3.8) is 0 Å². The molecule has 4 bridgehead atoms. The Bertz CT molecular complexity index is 673. The van der Waals surface area contributed by atoms with Crippen LogP contribution in [-0.4, -0.2) is 58.8 Å². The molecular weight excluding hydrogens is 360 g/mol. The quantitative estimate of drug-likeness (QED) is 0.506. The molecule has 1 aliphatic heterocycles. The van der Waals surface area contributed by atoms with Gasteiger partial charge in [0.25, 0.3) is 10.1 Å². The maximum absolute atomic E-state index is 12.0. The highest BCUT2D eigenvalue weighted by Crippen LogP contribution is 2.73. The molecule has 0 N–H and O–H groups in total. The molecule has 0 aromatic rings. The summed E-state index contributed by atoms with van der Waals surface area (Å²) in [5.74, 6) is -0.105. The second kappa shape index (κ2) is 5.87. The SMILES string of the molecule is COCO[C@]12CC[C@]3(C)[C@H]([C@H]4COC(C)(C)O4)[C@H]1CC2[C@H]3OS(C)(=O)=O. The summed E-state index contributed by atoms with van der Waals surface area (Å²) in [6.45, 7) is 6.71. The molecule has 0 amide bonds. The highest BCUT2D eigenvalue weighted by Gasteiger charge is 2.77. The second-order valence-electron chi connectivity index (χ2n) is 9.07. The zero-order chi connectivity index (χ0) is 19.0. The fourth-order valence-electron chi connectivity index (χ4n) is 6.27. The minimum Gasteiger partial charge on any atom is -0.359 e. The van der Waals surface area contributed by atoms with Crippen LogP contribution in [0.25, 0.3) is 0 Å². The number of methoxy groups -OCH3 is 1. The van der Waals surface area contributed by atoms with Crippen molar-refractivity contribution in [2.75, 3.05) is 26.8 Å². The van der Waals surface area contributed by atoms with Gasteiger partial charge in [0.1, 0.15) is 6.79 Å². The van der Waals surface area contributed by atoms with Crippen molar-refractivity contribution >= 4 is 10.1 Å². The molecule has 1 heterocycles. The van der Waals surface area contributed by atoms with Gasteiger partial charge in [0, 0.05) is 24.4 Å². The number of ether oxygens (including phenoxy) is 4. The van der Waals surface area contributed by atoms with Crippen molar-refractivity contribution in [1.29, 1.82) is 0 Å². The highest BCUT2D eigenvalue weighted by atomic mass is 32.2. The van der Waals surface area contributed by atoms with Crippen molar-refractivity contribution in [1.82, 2.24) is 0 Å². The Kier molecular flexibility index (Phi) is 4.31. The third-order valence-corrected chi connectivity index (χ3v) is 7.74. The Morgan fingerprint density at radius 1 is 1.15 bits per heavy atom. The van der Waals surface area contributed by atoms with E-state index in [-0.39, 0.29) is 35.7 Å². The number of hydrogen-bond donors (Lipinski definition) is 0. The van der Waals surface area contributed by atoms with Crippen LogP contribution < -0.4 is 0 Å². The first-order chi connectivity index (χ1) is 12.0. The highest BCUT2D eigenvalue weighted by molar-refractivity contribution is 7.86. The summed E-state index contributed by atoms with van der Waals surface area (Å²) in [4.78, 5) is 0. The van der Waals surface area contributed by atoms with E-state index in [2.05, 4.69) is 6.92 Å². The molecule has 150 valence electrons. The third kappa shape index (κ3) is 2.68. The maximum Gasteiger partial charge on any atom is 0.264 e. The Balaban J connectivity index is 1.70. The summed E-state index contributed by atoms with van der Waals surface area (Å²) < 4.78 is 53.1. The topological polar surface area (TPSA) is 80.3 Å². The summed E-state index contributed by atoms with van der Waals surface area (Å²) in [6, 6.07) is 0. The van der Waals surface area contributed by atoms with Gasteiger partial charge < -0.3 is 18.9 Å². The second-order valence-corrected chi connectivity index (χ2v) is 10.7. The lowest BCUT2D eigenvalue weighted by atomic mass is 9.35. The summed E-state index contributed by atoms with van der Waals surface area (Å²) in [5, 5.41) is 0. The van der Waals surface area contributed by atoms with Crippen molar-refractivity contribution in [2.24, 2.45) is 23.2 Å². The Morgan fingerprint density at radius 2 is 1.88 bits per heavy atom. The van der Waals surface area contributed by atoms with Crippen molar-refractivity contribution in [3.05, 3.63) is 0 Å². The molecule has 1 saturated heterocycles. The van der Waals surface area contributed by atoms with Crippen molar-refractivity contribution < 1.29 is 31.5 Å². The van der Waals surface area contributed by atoms with Crippen LogP contribution in [-0.2, 0) is 33.2 Å². The molecule has 4 saturated carbocycles. The molecule has 0 aromatic heterocycles. The summed E-state index contributed by atoms with van der Waals surface area (Å²) in [7, 11) is -1.96. The minimum absolute atomic E-state index is 0.0720. The summed E-state index contributed by atoms with van der Waals surface area (Å²) >= 11 is 0. The van der Waals surface area contributed by atoms with Crippen LogP contribution in [0.4, 0.5) is 0 Å². The lowest BCUT2D eigenvalue weighted by molar-refractivity contribution is -0.359. The third-order valence-electron chi connectivity index (χ3n) is 7.18. The van der Waals surface area contributed by atoms with Gasteiger partial charge in [0.05, 0.1) is 30.7 Å². The molecule has 8 heteroatoms. The van der Waals surface area contributed by atoms with Crippen LogP contribution in [0.2, 0.25) is 0 Å². The monoisotopic (exact) mass is 390 g/mol. The normalized spacial score (nSPS) is 49.2. The molecule has 5 fully saturated rings. The number of hydrogen-bond acceptors (Lipinski definition) is 7. The van der Waals surface area contributed by atoms with Crippen LogP contribution in [0.1, 0.15) is 40.0 Å². The van der Waals surface area contributed by atoms with Crippen molar-refractivity contribution in [3.8, 4) is 0 Å². The lowest BCUT2D eigenvalue weighted by Crippen LogP contribution is -2.79. The van der Waals surface area contributed by atoms with Gasteiger partial charge >= 0.3 is 0 Å². The fraction of sp³-hybridized carbons (Fsp3) is 1.00. The maximum atomic E-state index is 12.0. The zero-order valence-corrected chi connectivity index (χ0v) is 17.0. The standard InChI is InChI=1S/C18H30O7S/c1-16(2)22-9-13(24-16)14-11-8-12-15(25-26(5,19)20)17(14,3)6-7-18(11,12)23-10-21-4/h11-15H,6-10H2,1-5H3/t11-,12?,13-,14+,15-,17-,18-/m1/s1. The molecule has 5 aliphatic rings. The van der Waals surface area contributed by atoms with Gasteiger partial charge in [0.2, 0.25) is 0 Å². The minimum atomic E-state index is -3.57. The molecule has 7 atom stereocenters. The van der Waals surface area contributed by atoms with Crippen LogP contribution in [0, 0.1) is 23.2 Å². The van der Waals surface area contributed by atoms with E-state index in [4.69, 9.17) is 23.1 Å². The average Bonchev–Trinajstić information content (AvgIpc) is 2.86. The molecule has 4 aliphatic carbocycles. The molecule has 5 rings (SSSR count). The summed E-state index contributed by atoms with van der Waals surface area (Å²) in [5.41, 5.74) is -0.660. The predicted molar refractivity (Wildman–Crippen MR) is 92.7 cm³/mol. The largest absolute Gasteiger partial charge is 0.359 e. The van der Waals surface area contributed by atoms with Crippen LogP contribution in [0.15, 0.2) is 0 Å². The van der Waals surface area contributed by atoms with E-state index in [1.807, 2.05) is 13.8 Å². The molecule has 0 spiro atoms. The lowest BCUT2D eigenvalue weighted by Gasteiger charge is -2.74. The predicted octanol–water partition coefficient (Wildman–Crippen LogP) is 1.91. The van der Waals surface area contributed by atoms with E-state index in [0.29, 0.717) is 12.5 Å².